The number of carbonyl (C=O) groups is 1. The number of allylic oxidation sites excluding steroid dienone is 2. The zero-order valence-corrected chi connectivity index (χ0v) is 13.3. The summed E-state index contributed by atoms with van der Waals surface area (Å²) in [4.78, 5) is 12.5. The van der Waals surface area contributed by atoms with Gasteiger partial charge in [0, 0.05) is 18.3 Å². The average molecular weight is 288 g/mol. The lowest BCUT2D eigenvalue weighted by Gasteiger charge is -2.41. The number of carbonyl (C=O) groups excluding carboxylic acids is 1. The number of rotatable bonds is 2. The average Bonchev–Trinajstić information content (AvgIpc) is 2.47. The van der Waals surface area contributed by atoms with Gasteiger partial charge >= 0.3 is 0 Å². The van der Waals surface area contributed by atoms with E-state index in [2.05, 4.69) is 19.1 Å². The van der Waals surface area contributed by atoms with Crippen LogP contribution in [0.1, 0.15) is 58.8 Å². The fourth-order valence-electron chi connectivity index (χ4n) is 4.79. The summed E-state index contributed by atoms with van der Waals surface area (Å²) in [6.45, 7) is 4.06. The number of hydrogen-bond acceptors (Lipinski definition) is 2. The molecule has 0 saturated heterocycles. The summed E-state index contributed by atoms with van der Waals surface area (Å²) >= 11 is 0. The van der Waals surface area contributed by atoms with Crippen molar-refractivity contribution in [2.75, 3.05) is 0 Å². The monoisotopic (exact) mass is 288 g/mol. The molecule has 2 fully saturated rings. The zero-order chi connectivity index (χ0) is 15.0. The topological polar surface area (TPSA) is 37.3 Å². The molecule has 3 aliphatic rings. The van der Waals surface area contributed by atoms with Gasteiger partial charge in [-0.3, -0.25) is 4.79 Å². The van der Waals surface area contributed by atoms with Gasteiger partial charge in [-0.2, -0.15) is 0 Å². The summed E-state index contributed by atoms with van der Waals surface area (Å²) in [5.41, 5.74) is 2.32. The summed E-state index contributed by atoms with van der Waals surface area (Å²) in [6, 6.07) is 0. The van der Waals surface area contributed by atoms with Crippen molar-refractivity contribution < 1.29 is 9.90 Å². The van der Waals surface area contributed by atoms with Gasteiger partial charge in [0.1, 0.15) is 5.78 Å². The van der Waals surface area contributed by atoms with Crippen LogP contribution in [0.5, 0.6) is 0 Å². The summed E-state index contributed by atoms with van der Waals surface area (Å²) in [6.07, 6.45) is 12.0. The van der Waals surface area contributed by atoms with E-state index >= 15 is 0 Å². The van der Waals surface area contributed by atoms with Gasteiger partial charge in [0.25, 0.3) is 0 Å². The van der Waals surface area contributed by atoms with Crippen LogP contribution in [0.15, 0.2) is 23.3 Å². The molecule has 2 saturated carbocycles. The SMILES string of the molecule is CC1=CC(CC2C(=O)CCC3CCCC[C@H]32)=CC(C)C1O. The molecule has 3 aliphatic carbocycles. The van der Waals surface area contributed by atoms with Crippen LogP contribution >= 0.6 is 0 Å². The Bertz CT molecular complexity index is 474. The first kappa shape index (κ1) is 15.0. The van der Waals surface area contributed by atoms with Crippen LogP contribution in [0.3, 0.4) is 0 Å². The Labute approximate surface area is 128 Å². The molecule has 2 heteroatoms. The standard InChI is InChI=1S/C19H28O2/c1-12-9-14(10-13(2)19(12)21)11-17-16-6-4-3-5-15(16)7-8-18(17)20/h9-10,12,15-17,19,21H,3-8,11H2,1-2H3/t12?,15?,16-,17?,19?/m1/s1. The summed E-state index contributed by atoms with van der Waals surface area (Å²) in [7, 11) is 0. The molecule has 5 atom stereocenters. The molecule has 0 bridgehead atoms. The molecule has 0 heterocycles. The third kappa shape index (κ3) is 3.01. The van der Waals surface area contributed by atoms with Gasteiger partial charge in [0.2, 0.25) is 0 Å². The molecule has 0 aromatic carbocycles. The fourth-order valence-corrected chi connectivity index (χ4v) is 4.79. The van der Waals surface area contributed by atoms with Gasteiger partial charge in [0.05, 0.1) is 6.10 Å². The molecule has 1 N–H and O–H groups in total. The number of aliphatic hydroxyl groups is 1. The Kier molecular flexibility index (Phi) is 4.35. The maximum absolute atomic E-state index is 12.5. The Morgan fingerprint density at radius 2 is 2.00 bits per heavy atom. The maximum atomic E-state index is 12.5. The van der Waals surface area contributed by atoms with Crippen molar-refractivity contribution in [3.63, 3.8) is 0 Å². The number of Topliss-reactive ketones (excluding diaryl/α,β-unsaturated/α-hetero) is 1. The third-order valence-electron chi connectivity index (χ3n) is 5.97. The summed E-state index contributed by atoms with van der Waals surface area (Å²) in [5, 5.41) is 10.0. The van der Waals surface area contributed by atoms with Crippen molar-refractivity contribution >= 4 is 5.78 Å². The van der Waals surface area contributed by atoms with E-state index in [1.54, 1.807) is 0 Å². The van der Waals surface area contributed by atoms with E-state index in [4.69, 9.17) is 0 Å². The van der Waals surface area contributed by atoms with Gasteiger partial charge in [-0.05, 0) is 43.6 Å². The normalized spacial score (nSPS) is 40.3. The molecule has 0 aromatic heterocycles. The second kappa shape index (κ2) is 6.08. The minimum Gasteiger partial charge on any atom is -0.388 e. The van der Waals surface area contributed by atoms with E-state index in [0.29, 0.717) is 11.7 Å². The van der Waals surface area contributed by atoms with Crippen LogP contribution in [-0.4, -0.2) is 17.0 Å². The van der Waals surface area contributed by atoms with Crippen molar-refractivity contribution in [3.05, 3.63) is 23.3 Å². The van der Waals surface area contributed by atoms with Gasteiger partial charge in [0.15, 0.2) is 0 Å². The first-order valence-corrected chi connectivity index (χ1v) is 8.66. The van der Waals surface area contributed by atoms with Gasteiger partial charge in [-0.1, -0.05) is 43.9 Å². The molecule has 3 rings (SSSR count). The van der Waals surface area contributed by atoms with Gasteiger partial charge in [-0.15, -0.1) is 0 Å². The maximum Gasteiger partial charge on any atom is 0.136 e. The molecule has 0 radical (unpaired) electrons. The van der Waals surface area contributed by atoms with Crippen LogP contribution in [0, 0.1) is 23.7 Å². The number of fused-ring (bicyclic) bond motifs is 1. The highest BCUT2D eigenvalue weighted by molar-refractivity contribution is 5.82. The van der Waals surface area contributed by atoms with Gasteiger partial charge < -0.3 is 5.11 Å². The molecular weight excluding hydrogens is 260 g/mol. The largest absolute Gasteiger partial charge is 0.388 e. The van der Waals surface area contributed by atoms with Crippen LogP contribution in [-0.2, 0) is 4.79 Å². The van der Waals surface area contributed by atoms with E-state index in [1.807, 2.05) is 6.92 Å². The lowest BCUT2D eigenvalue weighted by Crippen LogP contribution is -2.37. The molecule has 0 aliphatic heterocycles. The molecule has 2 nitrogen and oxygen atoms in total. The van der Waals surface area contributed by atoms with Crippen LogP contribution in [0.4, 0.5) is 0 Å². The molecule has 116 valence electrons. The Balaban J connectivity index is 1.76. The first-order valence-electron chi connectivity index (χ1n) is 8.66. The van der Waals surface area contributed by atoms with Crippen molar-refractivity contribution in [2.24, 2.45) is 23.7 Å². The second-order valence-electron chi connectivity index (χ2n) is 7.46. The van der Waals surface area contributed by atoms with Gasteiger partial charge in [-0.25, -0.2) is 0 Å². The van der Waals surface area contributed by atoms with Crippen molar-refractivity contribution in [3.8, 4) is 0 Å². The highest BCUT2D eigenvalue weighted by atomic mass is 16.3. The second-order valence-corrected chi connectivity index (χ2v) is 7.46. The first-order chi connectivity index (χ1) is 10.1. The number of hydrogen-bond donors (Lipinski definition) is 1. The minimum absolute atomic E-state index is 0.172. The molecule has 0 spiro atoms. The van der Waals surface area contributed by atoms with E-state index in [-0.39, 0.29) is 17.9 Å². The van der Waals surface area contributed by atoms with Crippen molar-refractivity contribution in [2.45, 2.75) is 64.9 Å². The summed E-state index contributed by atoms with van der Waals surface area (Å²) in [5.74, 6) is 2.31. The highest BCUT2D eigenvalue weighted by Gasteiger charge is 2.39. The number of aliphatic hydroxyl groups excluding tert-OH is 1. The van der Waals surface area contributed by atoms with Crippen LogP contribution in [0.2, 0.25) is 0 Å². The Morgan fingerprint density at radius 1 is 1.24 bits per heavy atom. The van der Waals surface area contributed by atoms with Crippen molar-refractivity contribution in [1.29, 1.82) is 0 Å². The predicted molar refractivity (Wildman–Crippen MR) is 84.8 cm³/mol. The lowest BCUT2D eigenvalue weighted by molar-refractivity contribution is -0.129. The quantitative estimate of drug-likeness (QED) is 0.832. The van der Waals surface area contributed by atoms with E-state index in [0.717, 1.165) is 30.8 Å². The lowest BCUT2D eigenvalue weighted by atomic mass is 9.63. The smallest absolute Gasteiger partial charge is 0.136 e. The Morgan fingerprint density at radius 3 is 2.76 bits per heavy atom. The summed E-state index contributed by atoms with van der Waals surface area (Å²) < 4.78 is 0. The predicted octanol–water partition coefficient (Wildman–Crippen LogP) is 4.05. The molecule has 0 aromatic rings. The molecule has 0 amide bonds. The van der Waals surface area contributed by atoms with Crippen molar-refractivity contribution in [1.82, 2.24) is 0 Å². The Hall–Kier alpha value is -0.890. The van der Waals surface area contributed by atoms with Crippen LogP contribution < -0.4 is 0 Å². The fraction of sp³-hybridized carbons (Fsp3) is 0.737. The molecular formula is C19H28O2. The minimum atomic E-state index is -0.349. The third-order valence-corrected chi connectivity index (χ3v) is 5.97. The zero-order valence-electron chi connectivity index (χ0n) is 13.3. The molecule has 21 heavy (non-hydrogen) atoms. The van der Waals surface area contributed by atoms with E-state index in [9.17, 15) is 9.90 Å². The molecule has 4 unspecified atom stereocenters. The van der Waals surface area contributed by atoms with E-state index in [1.165, 1.54) is 31.3 Å². The van der Waals surface area contributed by atoms with Crippen LogP contribution in [0.25, 0.3) is 0 Å². The van der Waals surface area contributed by atoms with E-state index < -0.39 is 0 Å². The highest BCUT2D eigenvalue weighted by Crippen LogP contribution is 2.45. The number of ketones is 1.